The highest BCUT2D eigenvalue weighted by Gasteiger charge is 2.10. The Labute approximate surface area is 120 Å². The van der Waals surface area contributed by atoms with Gasteiger partial charge in [-0.2, -0.15) is 0 Å². The van der Waals surface area contributed by atoms with Crippen LogP contribution in [0.15, 0.2) is 56.0 Å². The molecule has 6 heteroatoms. The van der Waals surface area contributed by atoms with Crippen molar-refractivity contribution in [3.05, 3.63) is 42.1 Å². The van der Waals surface area contributed by atoms with Gasteiger partial charge >= 0.3 is 0 Å². The summed E-state index contributed by atoms with van der Waals surface area (Å²) in [7, 11) is 0. The summed E-state index contributed by atoms with van der Waals surface area (Å²) < 4.78 is 4.94. The van der Waals surface area contributed by atoms with Crippen molar-refractivity contribution in [2.24, 2.45) is 10.2 Å². The second kappa shape index (κ2) is 4.97. The molecule has 0 aliphatic carbocycles. The van der Waals surface area contributed by atoms with Crippen molar-refractivity contribution in [1.29, 1.82) is 0 Å². The smallest absolute Gasteiger partial charge is 0.269 e. The van der Waals surface area contributed by atoms with Crippen molar-refractivity contribution in [1.82, 2.24) is 5.16 Å². The van der Waals surface area contributed by atoms with E-state index < -0.39 is 0 Å². The number of aromatic nitrogens is 1. The van der Waals surface area contributed by atoms with Crippen molar-refractivity contribution in [3.63, 3.8) is 0 Å². The molecule has 0 radical (unpaired) electrons. The second-order valence-corrected chi connectivity index (χ2v) is 4.80. The third-order valence-electron chi connectivity index (χ3n) is 2.84. The first-order chi connectivity index (χ1) is 9.65. The Morgan fingerprint density at radius 2 is 2.00 bits per heavy atom. The van der Waals surface area contributed by atoms with Crippen LogP contribution >= 0.6 is 12.6 Å². The van der Waals surface area contributed by atoms with E-state index in [1.54, 1.807) is 13.0 Å². The van der Waals surface area contributed by atoms with Gasteiger partial charge in [0.05, 0.1) is 5.69 Å². The second-order valence-electron chi connectivity index (χ2n) is 4.32. The Morgan fingerprint density at radius 1 is 1.20 bits per heavy atom. The summed E-state index contributed by atoms with van der Waals surface area (Å²) in [6.07, 6.45) is 0. The van der Waals surface area contributed by atoms with Gasteiger partial charge in [-0.25, -0.2) is 0 Å². The third kappa shape index (κ3) is 2.25. The molecule has 0 atom stereocenters. The Bertz CT molecular complexity index is 811. The molecule has 0 saturated carbocycles. The lowest BCUT2D eigenvalue weighted by Gasteiger charge is -2.06. The lowest BCUT2D eigenvalue weighted by Crippen LogP contribution is -1.77. The number of aryl methyl sites for hydroxylation is 1. The van der Waals surface area contributed by atoms with Crippen molar-refractivity contribution >= 4 is 35.0 Å². The molecule has 1 N–H and O–H groups in total. The standard InChI is InChI=1S/C14H11N3O2S/c1-8-6-12(19-17-8)15-16-13-11(20)7-9-4-2-3-5-10(9)14(13)18/h2-7,18,20H,1H3. The van der Waals surface area contributed by atoms with Crippen molar-refractivity contribution in [2.45, 2.75) is 11.8 Å². The molecule has 3 aromatic rings. The Hall–Kier alpha value is -2.34. The predicted octanol–water partition coefficient (Wildman–Crippen LogP) is 4.55. The van der Waals surface area contributed by atoms with Crippen LogP contribution in [0.3, 0.4) is 0 Å². The zero-order chi connectivity index (χ0) is 14.1. The molecule has 0 fully saturated rings. The lowest BCUT2D eigenvalue weighted by atomic mass is 10.1. The van der Waals surface area contributed by atoms with E-state index in [1.807, 2.05) is 30.3 Å². The number of nitrogens with zero attached hydrogens (tertiary/aromatic N) is 3. The topological polar surface area (TPSA) is 71.0 Å². The van der Waals surface area contributed by atoms with Crippen LogP contribution in [-0.4, -0.2) is 10.3 Å². The van der Waals surface area contributed by atoms with Gasteiger partial charge in [0, 0.05) is 16.3 Å². The summed E-state index contributed by atoms with van der Waals surface area (Å²) in [6, 6.07) is 10.9. The third-order valence-corrected chi connectivity index (χ3v) is 3.18. The first-order valence-corrected chi connectivity index (χ1v) is 6.38. The van der Waals surface area contributed by atoms with Gasteiger partial charge in [-0.3, -0.25) is 0 Å². The van der Waals surface area contributed by atoms with Crippen LogP contribution in [0.25, 0.3) is 10.8 Å². The normalized spacial score (nSPS) is 11.5. The van der Waals surface area contributed by atoms with Gasteiger partial charge in [0.1, 0.15) is 5.69 Å². The van der Waals surface area contributed by atoms with Crippen LogP contribution in [0.1, 0.15) is 5.69 Å². The van der Waals surface area contributed by atoms with Crippen LogP contribution < -0.4 is 0 Å². The fourth-order valence-electron chi connectivity index (χ4n) is 1.90. The summed E-state index contributed by atoms with van der Waals surface area (Å²) >= 11 is 4.34. The highest BCUT2D eigenvalue weighted by molar-refractivity contribution is 7.80. The minimum Gasteiger partial charge on any atom is -0.505 e. The predicted molar refractivity (Wildman–Crippen MR) is 78.3 cm³/mol. The van der Waals surface area contributed by atoms with Crippen molar-refractivity contribution in [3.8, 4) is 5.75 Å². The van der Waals surface area contributed by atoms with Crippen molar-refractivity contribution < 1.29 is 9.63 Å². The van der Waals surface area contributed by atoms with Gasteiger partial charge in [-0.1, -0.05) is 29.4 Å². The summed E-state index contributed by atoms with van der Waals surface area (Å²) in [5.41, 5.74) is 1.02. The molecule has 100 valence electrons. The molecule has 0 spiro atoms. The average Bonchev–Trinajstić information content (AvgIpc) is 2.84. The van der Waals surface area contributed by atoms with E-state index in [0.29, 0.717) is 21.7 Å². The number of rotatable bonds is 2. The summed E-state index contributed by atoms with van der Waals surface area (Å²) in [6.45, 7) is 1.79. The van der Waals surface area contributed by atoms with E-state index in [0.717, 1.165) is 5.39 Å². The molecule has 0 aliphatic rings. The largest absolute Gasteiger partial charge is 0.505 e. The average molecular weight is 285 g/mol. The number of phenolic OH excluding ortho intramolecular Hbond substituents is 1. The fraction of sp³-hybridized carbons (Fsp3) is 0.0714. The Morgan fingerprint density at radius 3 is 2.75 bits per heavy atom. The number of hydrogen-bond donors (Lipinski definition) is 2. The molecule has 5 nitrogen and oxygen atoms in total. The van der Waals surface area contributed by atoms with Crippen LogP contribution in [-0.2, 0) is 0 Å². The number of thiol groups is 1. The first kappa shape index (κ1) is 12.7. The van der Waals surface area contributed by atoms with E-state index in [2.05, 4.69) is 28.0 Å². The molecule has 1 heterocycles. The molecule has 0 unspecified atom stereocenters. The van der Waals surface area contributed by atoms with Gasteiger partial charge in [0.15, 0.2) is 5.75 Å². The van der Waals surface area contributed by atoms with E-state index in [1.165, 1.54) is 0 Å². The molecular weight excluding hydrogens is 274 g/mol. The molecule has 0 amide bonds. The Kier molecular flexibility index (Phi) is 3.15. The van der Waals surface area contributed by atoms with Crippen LogP contribution in [0.5, 0.6) is 5.75 Å². The number of azo groups is 1. The van der Waals surface area contributed by atoms with Crippen LogP contribution in [0, 0.1) is 6.92 Å². The van der Waals surface area contributed by atoms with Crippen molar-refractivity contribution in [2.75, 3.05) is 0 Å². The summed E-state index contributed by atoms with van der Waals surface area (Å²) in [5.74, 6) is 0.330. The number of aromatic hydroxyl groups is 1. The van der Waals surface area contributed by atoms with Crippen LogP contribution in [0.4, 0.5) is 11.6 Å². The van der Waals surface area contributed by atoms with Gasteiger partial charge in [-0.05, 0) is 18.4 Å². The summed E-state index contributed by atoms with van der Waals surface area (Å²) in [4.78, 5) is 0.543. The molecular formula is C14H11N3O2S. The molecule has 1 aromatic heterocycles. The molecule has 0 saturated heterocycles. The monoisotopic (exact) mass is 285 g/mol. The van der Waals surface area contributed by atoms with Gasteiger partial charge in [-0.15, -0.1) is 22.9 Å². The maximum Gasteiger partial charge on any atom is 0.269 e. The number of phenols is 1. The lowest BCUT2D eigenvalue weighted by molar-refractivity contribution is 0.422. The van der Waals surface area contributed by atoms with E-state index in [-0.39, 0.29) is 11.6 Å². The summed E-state index contributed by atoms with van der Waals surface area (Å²) in [5, 5.41) is 23.5. The van der Waals surface area contributed by atoms with Gasteiger partial charge in [0.25, 0.3) is 5.88 Å². The molecule has 0 bridgehead atoms. The van der Waals surface area contributed by atoms with E-state index >= 15 is 0 Å². The van der Waals surface area contributed by atoms with Crippen LogP contribution in [0.2, 0.25) is 0 Å². The zero-order valence-electron chi connectivity index (χ0n) is 10.6. The quantitative estimate of drug-likeness (QED) is 0.536. The van der Waals surface area contributed by atoms with E-state index in [4.69, 9.17) is 4.52 Å². The maximum absolute atomic E-state index is 10.3. The Balaban J connectivity index is 2.09. The minimum atomic E-state index is 0.0492. The molecule has 3 rings (SSSR count). The highest BCUT2D eigenvalue weighted by Crippen LogP contribution is 2.40. The van der Waals surface area contributed by atoms with Gasteiger partial charge in [0.2, 0.25) is 0 Å². The fourth-order valence-corrected chi connectivity index (χ4v) is 2.19. The SMILES string of the molecule is Cc1cc(N=Nc2c(S)cc3ccccc3c2O)on1. The molecule has 2 aromatic carbocycles. The first-order valence-electron chi connectivity index (χ1n) is 5.94. The minimum absolute atomic E-state index is 0.0492. The zero-order valence-corrected chi connectivity index (χ0v) is 11.5. The highest BCUT2D eigenvalue weighted by atomic mass is 32.1. The maximum atomic E-state index is 10.3. The molecule has 20 heavy (non-hydrogen) atoms. The number of benzene rings is 2. The number of hydrogen-bond acceptors (Lipinski definition) is 6. The van der Waals surface area contributed by atoms with E-state index in [9.17, 15) is 5.11 Å². The van der Waals surface area contributed by atoms with Gasteiger partial charge < -0.3 is 9.63 Å². The molecule has 0 aliphatic heterocycles. The number of fused-ring (bicyclic) bond motifs is 1.